The Morgan fingerprint density at radius 2 is 1.97 bits per heavy atom. The van der Waals surface area contributed by atoms with Crippen LogP contribution < -0.4 is 10.9 Å². The molecule has 0 spiro atoms. The molecule has 0 saturated carbocycles. The van der Waals surface area contributed by atoms with Crippen molar-refractivity contribution < 1.29 is 9.32 Å². The molecule has 0 fully saturated rings. The van der Waals surface area contributed by atoms with Crippen LogP contribution in [0.4, 0.5) is 5.82 Å². The number of benzene rings is 1. The fourth-order valence-electron chi connectivity index (χ4n) is 2.93. The summed E-state index contributed by atoms with van der Waals surface area (Å²) >= 11 is 1.19. The fourth-order valence-corrected chi connectivity index (χ4v) is 3.74. The Kier molecular flexibility index (Phi) is 4.98. The third kappa shape index (κ3) is 3.95. The number of carbonyl (C=O) groups excluding carboxylic acids is 1. The number of nitrogens with zero attached hydrogens (tertiary/aromatic N) is 3. The molecule has 0 radical (unpaired) electrons. The number of hydrogen-bond acceptors (Lipinski definition) is 6. The third-order valence-corrected chi connectivity index (χ3v) is 5.21. The van der Waals surface area contributed by atoms with Crippen LogP contribution in [0, 0.1) is 20.8 Å². The molecule has 4 aromatic rings. The van der Waals surface area contributed by atoms with Crippen LogP contribution >= 0.6 is 11.8 Å². The van der Waals surface area contributed by atoms with Crippen LogP contribution in [0.15, 0.2) is 50.9 Å². The number of aryl methyl sites for hydroxylation is 3. The monoisotopic (exact) mass is 409 g/mol. The molecule has 3 heterocycles. The average molecular weight is 409 g/mol. The van der Waals surface area contributed by atoms with Crippen LogP contribution in [-0.2, 0) is 4.79 Å². The predicted octanol–water partition coefficient (Wildman–Crippen LogP) is 3.36. The van der Waals surface area contributed by atoms with Crippen molar-refractivity contribution in [3.63, 3.8) is 0 Å². The van der Waals surface area contributed by atoms with E-state index in [1.54, 1.807) is 13.0 Å². The summed E-state index contributed by atoms with van der Waals surface area (Å²) in [5.74, 6) is 0.766. The minimum Gasteiger partial charge on any atom is -0.360 e. The maximum Gasteiger partial charge on any atom is 0.283 e. The number of amides is 1. The second-order valence-electron chi connectivity index (χ2n) is 6.74. The molecule has 0 unspecified atom stereocenters. The van der Waals surface area contributed by atoms with Crippen LogP contribution in [0.3, 0.4) is 0 Å². The van der Waals surface area contributed by atoms with Gasteiger partial charge in [-0.25, -0.2) is 4.98 Å². The van der Waals surface area contributed by atoms with Crippen molar-refractivity contribution in [1.82, 2.24) is 19.7 Å². The first-order chi connectivity index (χ1) is 13.9. The van der Waals surface area contributed by atoms with Gasteiger partial charge in [0.15, 0.2) is 11.0 Å². The first-order valence-corrected chi connectivity index (χ1v) is 9.94. The molecule has 0 saturated heterocycles. The topological polar surface area (TPSA) is 106 Å². The Morgan fingerprint density at radius 3 is 2.66 bits per heavy atom. The first kappa shape index (κ1) is 19.0. The Hall–Kier alpha value is -3.33. The summed E-state index contributed by atoms with van der Waals surface area (Å²) < 4.78 is 6.47. The van der Waals surface area contributed by atoms with Gasteiger partial charge >= 0.3 is 0 Å². The van der Waals surface area contributed by atoms with E-state index in [0.29, 0.717) is 33.5 Å². The van der Waals surface area contributed by atoms with Gasteiger partial charge < -0.3 is 14.8 Å². The Balaban J connectivity index is 1.68. The van der Waals surface area contributed by atoms with Crippen LogP contribution in [0.2, 0.25) is 0 Å². The highest BCUT2D eigenvalue weighted by atomic mass is 32.2. The van der Waals surface area contributed by atoms with E-state index < -0.39 is 0 Å². The van der Waals surface area contributed by atoms with Gasteiger partial charge in [-0.3, -0.25) is 14.2 Å². The largest absolute Gasteiger partial charge is 0.360 e. The van der Waals surface area contributed by atoms with Crippen molar-refractivity contribution in [3.8, 4) is 5.69 Å². The second-order valence-corrected chi connectivity index (χ2v) is 7.69. The highest BCUT2D eigenvalue weighted by Gasteiger charge is 2.16. The van der Waals surface area contributed by atoms with Gasteiger partial charge in [0.25, 0.3) is 5.56 Å². The average Bonchev–Trinajstić information content (AvgIpc) is 3.26. The van der Waals surface area contributed by atoms with Gasteiger partial charge in [-0.1, -0.05) is 34.6 Å². The van der Waals surface area contributed by atoms with E-state index >= 15 is 0 Å². The first-order valence-electron chi connectivity index (χ1n) is 8.96. The Morgan fingerprint density at radius 1 is 1.21 bits per heavy atom. The lowest BCUT2D eigenvalue weighted by Crippen LogP contribution is -2.23. The van der Waals surface area contributed by atoms with Crippen molar-refractivity contribution in [1.29, 1.82) is 0 Å². The molecule has 148 valence electrons. The fraction of sp³-hybridized carbons (Fsp3) is 0.200. The number of anilines is 1. The van der Waals surface area contributed by atoms with Gasteiger partial charge in [0.05, 0.1) is 17.0 Å². The quantitative estimate of drug-likeness (QED) is 0.387. The molecule has 9 heteroatoms. The summed E-state index contributed by atoms with van der Waals surface area (Å²) in [5.41, 5.74) is 3.43. The number of thioether (sulfide) groups is 1. The van der Waals surface area contributed by atoms with Gasteiger partial charge in [0.2, 0.25) is 5.91 Å². The number of hydrogen-bond donors (Lipinski definition) is 2. The lowest BCUT2D eigenvalue weighted by Gasteiger charge is -2.12. The predicted molar refractivity (Wildman–Crippen MR) is 112 cm³/mol. The molecule has 4 rings (SSSR count). The van der Waals surface area contributed by atoms with Crippen molar-refractivity contribution in [2.75, 3.05) is 11.1 Å². The summed E-state index contributed by atoms with van der Waals surface area (Å²) in [7, 11) is 0. The van der Waals surface area contributed by atoms with Crippen molar-refractivity contribution in [2.45, 2.75) is 25.9 Å². The normalized spacial score (nSPS) is 11.1. The summed E-state index contributed by atoms with van der Waals surface area (Å²) in [4.78, 5) is 33.1. The molecule has 8 nitrogen and oxygen atoms in total. The molecule has 0 aliphatic carbocycles. The molecule has 1 aromatic carbocycles. The highest BCUT2D eigenvalue weighted by molar-refractivity contribution is 7.99. The molecule has 0 atom stereocenters. The van der Waals surface area contributed by atoms with Gasteiger partial charge in [-0.15, -0.1) is 0 Å². The van der Waals surface area contributed by atoms with Crippen LogP contribution in [0.1, 0.15) is 17.0 Å². The molecular weight excluding hydrogens is 390 g/mol. The van der Waals surface area contributed by atoms with Crippen LogP contribution in [0.5, 0.6) is 0 Å². The van der Waals surface area contributed by atoms with E-state index in [0.717, 1.165) is 11.3 Å². The smallest absolute Gasteiger partial charge is 0.283 e. The number of nitrogens with one attached hydrogen (secondary N) is 2. The molecule has 3 aromatic heterocycles. The van der Waals surface area contributed by atoms with Gasteiger partial charge in [-0.2, -0.15) is 0 Å². The zero-order chi connectivity index (χ0) is 20.5. The van der Waals surface area contributed by atoms with Crippen molar-refractivity contribution >= 4 is 34.5 Å². The summed E-state index contributed by atoms with van der Waals surface area (Å²) in [6, 6.07) is 11.0. The van der Waals surface area contributed by atoms with E-state index in [2.05, 4.69) is 20.4 Å². The van der Waals surface area contributed by atoms with Crippen LogP contribution in [0.25, 0.3) is 16.7 Å². The summed E-state index contributed by atoms with van der Waals surface area (Å²) in [6.45, 7) is 5.60. The molecule has 0 aliphatic heterocycles. The molecular formula is C20H19N5O3S. The Bertz CT molecular complexity index is 1250. The van der Waals surface area contributed by atoms with Crippen molar-refractivity contribution in [3.05, 3.63) is 63.8 Å². The highest BCUT2D eigenvalue weighted by Crippen LogP contribution is 2.22. The lowest BCUT2D eigenvalue weighted by atomic mass is 10.2. The summed E-state index contributed by atoms with van der Waals surface area (Å²) in [6.07, 6.45) is 0. The van der Waals surface area contributed by atoms with Crippen molar-refractivity contribution in [2.24, 2.45) is 0 Å². The molecule has 29 heavy (non-hydrogen) atoms. The van der Waals surface area contributed by atoms with E-state index in [1.165, 1.54) is 16.3 Å². The number of carbonyl (C=O) groups is 1. The van der Waals surface area contributed by atoms with E-state index in [4.69, 9.17) is 4.52 Å². The maximum atomic E-state index is 13.1. The van der Waals surface area contributed by atoms with Gasteiger partial charge in [0.1, 0.15) is 11.3 Å². The minimum atomic E-state index is -0.265. The van der Waals surface area contributed by atoms with Gasteiger partial charge in [-0.05, 0) is 39.0 Å². The molecule has 1 amide bonds. The zero-order valence-corrected chi connectivity index (χ0v) is 17.0. The number of aromatic amines is 1. The van der Waals surface area contributed by atoms with Crippen LogP contribution in [-0.4, -0.2) is 31.4 Å². The molecule has 2 N–H and O–H groups in total. The molecule has 0 bridgehead atoms. The maximum absolute atomic E-state index is 13.1. The number of rotatable bonds is 5. The zero-order valence-electron chi connectivity index (χ0n) is 16.1. The third-order valence-electron chi connectivity index (χ3n) is 4.28. The second kappa shape index (κ2) is 7.59. The van der Waals surface area contributed by atoms with Gasteiger partial charge in [0, 0.05) is 11.8 Å². The SMILES string of the molecule is Cc1ccc(-n2c(SCC(=O)Nc3cc(C)on3)nc3cc(C)[nH]c3c2=O)cc1. The minimum absolute atomic E-state index is 0.0686. The van der Waals surface area contributed by atoms with E-state index in [-0.39, 0.29) is 17.2 Å². The molecule has 0 aliphatic rings. The number of fused-ring (bicyclic) bond motifs is 1. The standard InChI is InChI=1S/C20H19N5O3S/c1-11-4-6-14(7-5-11)25-19(27)18-15(8-12(2)21-18)22-20(25)29-10-17(26)23-16-9-13(3)28-24-16/h4-9,21H,10H2,1-3H3,(H,23,24,26). The number of H-pyrrole nitrogens is 1. The lowest BCUT2D eigenvalue weighted by molar-refractivity contribution is -0.113. The summed E-state index contributed by atoms with van der Waals surface area (Å²) in [5, 5.41) is 6.86. The Labute approximate surface area is 170 Å². The number of aromatic nitrogens is 4. The van der Waals surface area contributed by atoms with E-state index in [9.17, 15) is 9.59 Å². The van der Waals surface area contributed by atoms with E-state index in [1.807, 2.05) is 44.2 Å².